The van der Waals surface area contributed by atoms with Gasteiger partial charge >= 0.3 is 0 Å². The van der Waals surface area contributed by atoms with Crippen LogP contribution in [0.4, 0.5) is 0 Å². The van der Waals surface area contributed by atoms with Crippen molar-refractivity contribution < 1.29 is 4.79 Å². The number of alkyl halides is 3. The normalized spacial score (nSPS) is 11.4. The van der Waals surface area contributed by atoms with Gasteiger partial charge in [-0.25, -0.2) is 0 Å². The van der Waals surface area contributed by atoms with E-state index in [1.165, 1.54) is 0 Å². The molecule has 6 heteroatoms. The highest BCUT2D eigenvalue weighted by Gasteiger charge is 2.21. The standard InChI is InChI=1S/C8H4Cl4OS/c9-7(13)5-1-3-6(4-2-5)14-8(10,11)12/h1-4H. The third kappa shape index (κ3) is 4.28. The molecule has 0 atom stereocenters. The third-order valence-electron chi connectivity index (χ3n) is 1.31. The summed E-state index contributed by atoms with van der Waals surface area (Å²) in [5.41, 5.74) is 0.417. The molecule has 0 fully saturated rings. The van der Waals surface area contributed by atoms with Crippen molar-refractivity contribution in [3.63, 3.8) is 0 Å². The molecule has 1 aromatic rings. The minimum atomic E-state index is -1.40. The first-order valence-corrected chi connectivity index (χ1v) is 5.77. The molecule has 0 saturated heterocycles. The molecule has 0 aliphatic heterocycles. The summed E-state index contributed by atoms with van der Waals surface area (Å²) in [7, 11) is 0. The quantitative estimate of drug-likeness (QED) is 0.453. The van der Waals surface area contributed by atoms with Crippen molar-refractivity contribution in [2.45, 2.75) is 8.02 Å². The number of halogens is 4. The van der Waals surface area contributed by atoms with Crippen LogP contribution in [0.1, 0.15) is 10.4 Å². The molecule has 0 saturated carbocycles. The average molecular weight is 290 g/mol. The largest absolute Gasteiger partial charge is 0.276 e. The first-order chi connectivity index (χ1) is 6.38. The summed E-state index contributed by atoms with van der Waals surface area (Å²) >= 11 is 23.0. The molecule has 0 aromatic heterocycles. The Labute approximate surface area is 106 Å². The lowest BCUT2D eigenvalue weighted by molar-refractivity contribution is 0.108. The Balaban J connectivity index is 2.79. The SMILES string of the molecule is O=C(Cl)c1ccc(SC(Cl)(Cl)Cl)cc1. The van der Waals surface area contributed by atoms with Crippen LogP contribution in [-0.2, 0) is 0 Å². The Kier molecular flexibility index (Phi) is 4.41. The van der Waals surface area contributed by atoms with Crippen molar-refractivity contribution >= 4 is 63.4 Å². The summed E-state index contributed by atoms with van der Waals surface area (Å²) in [6.07, 6.45) is 0. The first-order valence-electron chi connectivity index (χ1n) is 3.44. The van der Waals surface area contributed by atoms with Gasteiger partial charge in [-0.15, -0.1) is 0 Å². The van der Waals surface area contributed by atoms with E-state index in [-0.39, 0.29) is 0 Å². The summed E-state index contributed by atoms with van der Waals surface area (Å²) in [4.78, 5) is 11.5. The smallest absolute Gasteiger partial charge is 0.252 e. The molecule has 1 rings (SSSR count). The predicted octanol–water partition coefficient (Wildman–Crippen LogP) is 4.49. The van der Waals surface area contributed by atoms with E-state index in [0.29, 0.717) is 5.56 Å². The van der Waals surface area contributed by atoms with Crippen LogP contribution in [0, 0.1) is 0 Å². The minimum Gasteiger partial charge on any atom is -0.276 e. The van der Waals surface area contributed by atoms with Gasteiger partial charge < -0.3 is 0 Å². The summed E-state index contributed by atoms with van der Waals surface area (Å²) in [6, 6.07) is 6.49. The summed E-state index contributed by atoms with van der Waals surface area (Å²) in [5, 5.41) is -0.504. The van der Waals surface area contributed by atoms with E-state index in [1.807, 2.05) is 0 Å². The van der Waals surface area contributed by atoms with Gasteiger partial charge in [-0.05, 0) is 35.9 Å². The van der Waals surface area contributed by atoms with E-state index in [1.54, 1.807) is 24.3 Å². The lowest BCUT2D eigenvalue weighted by atomic mass is 10.2. The fourth-order valence-electron chi connectivity index (χ4n) is 0.788. The van der Waals surface area contributed by atoms with Crippen molar-refractivity contribution in [2.75, 3.05) is 0 Å². The van der Waals surface area contributed by atoms with Gasteiger partial charge in [0.15, 0.2) is 0 Å². The van der Waals surface area contributed by atoms with E-state index < -0.39 is 8.37 Å². The van der Waals surface area contributed by atoms with E-state index in [4.69, 9.17) is 46.4 Å². The van der Waals surface area contributed by atoms with Crippen LogP contribution in [0.5, 0.6) is 0 Å². The number of hydrogen-bond donors (Lipinski definition) is 0. The maximum absolute atomic E-state index is 10.7. The zero-order valence-corrected chi connectivity index (χ0v) is 10.5. The molecule has 0 aliphatic rings. The van der Waals surface area contributed by atoms with Crippen LogP contribution in [0.2, 0.25) is 0 Å². The second-order valence-electron chi connectivity index (χ2n) is 2.35. The van der Waals surface area contributed by atoms with Crippen molar-refractivity contribution in [3.8, 4) is 0 Å². The van der Waals surface area contributed by atoms with Gasteiger partial charge in [0.2, 0.25) is 3.12 Å². The molecule has 0 spiro atoms. The minimum absolute atomic E-state index is 0.417. The highest BCUT2D eigenvalue weighted by atomic mass is 35.6. The van der Waals surface area contributed by atoms with Gasteiger partial charge in [0, 0.05) is 10.5 Å². The van der Waals surface area contributed by atoms with Gasteiger partial charge in [-0.3, -0.25) is 4.79 Å². The molecule has 1 nitrogen and oxygen atoms in total. The van der Waals surface area contributed by atoms with Crippen LogP contribution >= 0.6 is 58.2 Å². The van der Waals surface area contributed by atoms with Crippen LogP contribution in [0.15, 0.2) is 29.2 Å². The molecule has 0 heterocycles. The average Bonchev–Trinajstić information content (AvgIpc) is 2.02. The highest BCUT2D eigenvalue weighted by molar-refractivity contribution is 8.04. The molecule has 0 N–H and O–H groups in total. The molecule has 0 unspecified atom stereocenters. The maximum Gasteiger partial charge on any atom is 0.252 e. The van der Waals surface area contributed by atoms with Crippen LogP contribution < -0.4 is 0 Å². The van der Waals surface area contributed by atoms with Crippen LogP contribution in [0.3, 0.4) is 0 Å². The summed E-state index contributed by atoms with van der Waals surface area (Å²) in [5.74, 6) is 0. The summed E-state index contributed by atoms with van der Waals surface area (Å²) < 4.78 is -1.40. The number of rotatable bonds is 2. The molecular weight excluding hydrogens is 286 g/mol. The number of thioether (sulfide) groups is 1. The Hall–Kier alpha value is 0.400. The topological polar surface area (TPSA) is 17.1 Å². The molecule has 0 aliphatic carbocycles. The van der Waals surface area contributed by atoms with Crippen molar-refractivity contribution in [3.05, 3.63) is 29.8 Å². The number of benzene rings is 1. The van der Waals surface area contributed by atoms with Gasteiger partial charge in [-0.1, -0.05) is 46.6 Å². The Bertz CT molecular complexity index is 330. The molecule has 1 aromatic carbocycles. The lowest BCUT2D eigenvalue weighted by Crippen LogP contribution is -1.93. The van der Waals surface area contributed by atoms with Crippen molar-refractivity contribution in [1.82, 2.24) is 0 Å². The fourth-order valence-corrected chi connectivity index (χ4v) is 2.25. The van der Waals surface area contributed by atoms with Gasteiger partial charge in [-0.2, -0.15) is 0 Å². The highest BCUT2D eigenvalue weighted by Crippen LogP contribution is 2.43. The number of hydrogen-bond acceptors (Lipinski definition) is 2. The molecule has 0 amide bonds. The van der Waals surface area contributed by atoms with E-state index in [2.05, 4.69) is 0 Å². The Morgan fingerprint density at radius 3 is 2.00 bits per heavy atom. The van der Waals surface area contributed by atoms with Crippen LogP contribution in [0.25, 0.3) is 0 Å². The Morgan fingerprint density at radius 2 is 1.64 bits per heavy atom. The van der Waals surface area contributed by atoms with Crippen LogP contribution in [-0.4, -0.2) is 8.37 Å². The van der Waals surface area contributed by atoms with Gasteiger partial charge in [0.1, 0.15) is 0 Å². The molecule has 76 valence electrons. The number of carbonyl (C=O) groups is 1. The van der Waals surface area contributed by atoms with E-state index in [9.17, 15) is 4.79 Å². The second-order valence-corrected chi connectivity index (χ2v) is 6.93. The number of carbonyl (C=O) groups excluding carboxylic acids is 1. The van der Waals surface area contributed by atoms with Gasteiger partial charge in [0.05, 0.1) is 0 Å². The zero-order valence-electron chi connectivity index (χ0n) is 6.64. The monoisotopic (exact) mass is 288 g/mol. The molecular formula is C8H4Cl4OS. The fraction of sp³-hybridized carbons (Fsp3) is 0.125. The molecule has 0 radical (unpaired) electrons. The molecule has 0 bridgehead atoms. The second kappa shape index (κ2) is 4.95. The van der Waals surface area contributed by atoms with E-state index in [0.717, 1.165) is 16.7 Å². The maximum atomic E-state index is 10.7. The van der Waals surface area contributed by atoms with Crippen molar-refractivity contribution in [1.29, 1.82) is 0 Å². The third-order valence-corrected chi connectivity index (χ3v) is 2.97. The first kappa shape index (κ1) is 12.5. The van der Waals surface area contributed by atoms with Gasteiger partial charge in [0.25, 0.3) is 5.24 Å². The summed E-state index contributed by atoms with van der Waals surface area (Å²) in [6.45, 7) is 0. The Morgan fingerprint density at radius 1 is 1.14 bits per heavy atom. The van der Waals surface area contributed by atoms with Crippen molar-refractivity contribution in [2.24, 2.45) is 0 Å². The predicted molar refractivity (Wildman–Crippen MR) is 62.8 cm³/mol. The van der Waals surface area contributed by atoms with E-state index >= 15 is 0 Å². The lowest BCUT2D eigenvalue weighted by Gasteiger charge is -2.09. The molecule has 14 heavy (non-hydrogen) atoms. The zero-order chi connectivity index (χ0) is 10.8.